The lowest BCUT2D eigenvalue weighted by atomic mass is 10.1. The topological polar surface area (TPSA) is 29.5 Å². The lowest BCUT2D eigenvalue weighted by molar-refractivity contribution is -0.131. The number of hydrogen-bond acceptors (Lipinski definition) is 2. The van der Waals surface area contributed by atoms with Crippen LogP contribution in [0.4, 0.5) is 0 Å². The van der Waals surface area contributed by atoms with Crippen LogP contribution in [0.5, 0.6) is 0 Å². The fraction of sp³-hybridized carbons (Fsp3) is 0.923. The molecule has 2 aliphatic rings. The fourth-order valence-electron chi connectivity index (χ4n) is 2.63. The zero-order chi connectivity index (χ0) is 11.2. The van der Waals surface area contributed by atoms with Crippen LogP contribution in [0.25, 0.3) is 0 Å². The highest BCUT2D eigenvalue weighted by Crippen LogP contribution is 2.18. The largest absolute Gasteiger partial charge is 0.378 e. The lowest BCUT2D eigenvalue weighted by Crippen LogP contribution is -2.32. The molecule has 2 heterocycles. The number of amides is 1. The van der Waals surface area contributed by atoms with Crippen LogP contribution >= 0.6 is 0 Å². The van der Waals surface area contributed by atoms with Crippen molar-refractivity contribution in [3.8, 4) is 0 Å². The van der Waals surface area contributed by atoms with E-state index in [0.29, 0.717) is 18.4 Å². The summed E-state index contributed by atoms with van der Waals surface area (Å²) in [7, 11) is 0. The molecular formula is C13H23NO2. The van der Waals surface area contributed by atoms with Gasteiger partial charge < -0.3 is 9.64 Å². The molecule has 0 spiro atoms. The molecule has 2 fully saturated rings. The van der Waals surface area contributed by atoms with Gasteiger partial charge in [0.25, 0.3) is 0 Å². The van der Waals surface area contributed by atoms with Crippen LogP contribution in [-0.2, 0) is 9.53 Å². The van der Waals surface area contributed by atoms with E-state index in [4.69, 9.17) is 4.74 Å². The van der Waals surface area contributed by atoms with E-state index in [-0.39, 0.29) is 0 Å². The molecule has 0 radical (unpaired) electrons. The van der Waals surface area contributed by atoms with Gasteiger partial charge in [-0.1, -0.05) is 12.8 Å². The Morgan fingerprint density at radius 3 is 2.50 bits per heavy atom. The van der Waals surface area contributed by atoms with Gasteiger partial charge in [0.15, 0.2) is 0 Å². The molecule has 2 aliphatic heterocycles. The van der Waals surface area contributed by atoms with Crippen LogP contribution in [0.2, 0.25) is 0 Å². The van der Waals surface area contributed by atoms with Gasteiger partial charge in [0.05, 0.1) is 6.10 Å². The molecule has 0 aromatic carbocycles. The predicted molar refractivity (Wildman–Crippen MR) is 63.3 cm³/mol. The summed E-state index contributed by atoms with van der Waals surface area (Å²) in [6, 6.07) is 0. The predicted octanol–water partition coefficient (Wildman–Crippen LogP) is 2.35. The van der Waals surface area contributed by atoms with Gasteiger partial charge in [-0.15, -0.1) is 0 Å². The minimum atomic E-state index is 0.345. The Morgan fingerprint density at radius 1 is 1.12 bits per heavy atom. The van der Waals surface area contributed by atoms with Gasteiger partial charge in [0.2, 0.25) is 5.91 Å². The molecular weight excluding hydrogens is 202 g/mol. The second-order valence-corrected chi connectivity index (χ2v) is 4.97. The summed E-state index contributed by atoms with van der Waals surface area (Å²) < 4.78 is 5.54. The number of hydrogen-bond donors (Lipinski definition) is 0. The summed E-state index contributed by atoms with van der Waals surface area (Å²) in [5, 5.41) is 0. The highest BCUT2D eigenvalue weighted by molar-refractivity contribution is 5.76. The molecule has 3 nitrogen and oxygen atoms in total. The van der Waals surface area contributed by atoms with E-state index >= 15 is 0 Å². The van der Waals surface area contributed by atoms with Crippen LogP contribution in [0.1, 0.15) is 51.4 Å². The van der Waals surface area contributed by atoms with Crippen molar-refractivity contribution in [1.29, 1.82) is 0 Å². The third kappa shape index (κ3) is 3.48. The van der Waals surface area contributed by atoms with E-state index < -0.39 is 0 Å². The summed E-state index contributed by atoms with van der Waals surface area (Å²) in [6.45, 7) is 2.84. The van der Waals surface area contributed by atoms with E-state index in [1.54, 1.807) is 0 Å². The molecule has 2 rings (SSSR count). The zero-order valence-electron chi connectivity index (χ0n) is 10.1. The highest BCUT2D eigenvalue weighted by Gasteiger charge is 2.20. The standard InChI is InChI=1S/C13H23NO2/c15-13(8-7-12-6-5-11-16-12)14-9-3-1-2-4-10-14/h12H,1-11H2. The maximum absolute atomic E-state index is 12.0. The SMILES string of the molecule is O=C(CCC1CCCO1)N1CCCCCC1. The van der Waals surface area contributed by atoms with Crippen molar-refractivity contribution >= 4 is 5.91 Å². The van der Waals surface area contributed by atoms with Gasteiger partial charge in [0, 0.05) is 26.1 Å². The highest BCUT2D eigenvalue weighted by atomic mass is 16.5. The quantitative estimate of drug-likeness (QED) is 0.738. The molecule has 92 valence electrons. The van der Waals surface area contributed by atoms with Crippen LogP contribution in [0, 0.1) is 0 Å². The summed E-state index contributed by atoms with van der Waals surface area (Å²) >= 11 is 0. The van der Waals surface area contributed by atoms with Crippen LogP contribution < -0.4 is 0 Å². The average Bonchev–Trinajstić information content (AvgIpc) is 2.66. The van der Waals surface area contributed by atoms with Crippen molar-refractivity contribution in [2.45, 2.75) is 57.5 Å². The third-order valence-corrected chi connectivity index (χ3v) is 3.66. The third-order valence-electron chi connectivity index (χ3n) is 3.66. The number of carbonyl (C=O) groups excluding carboxylic acids is 1. The van der Waals surface area contributed by atoms with Crippen LogP contribution in [-0.4, -0.2) is 36.6 Å². The molecule has 0 aromatic rings. The van der Waals surface area contributed by atoms with Crippen molar-refractivity contribution in [1.82, 2.24) is 4.90 Å². The monoisotopic (exact) mass is 225 g/mol. The lowest BCUT2D eigenvalue weighted by Gasteiger charge is -2.21. The van der Waals surface area contributed by atoms with E-state index in [1.807, 2.05) is 0 Å². The Hall–Kier alpha value is -0.570. The first kappa shape index (κ1) is 11.9. The number of ether oxygens (including phenoxy) is 1. The Labute approximate surface area is 98.1 Å². The molecule has 16 heavy (non-hydrogen) atoms. The molecule has 0 bridgehead atoms. The van der Waals surface area contributed by atoms with E-state index in [1.165, 1.54) is 32.1 Å². The fourth-order valence-corrected chi connectivity index (χ4v) is 2.63. The summed E-state index contributed by atoms with van der Waals surface area (Å²) in [5.41, 5.74) is 0. The Morgan fingerprint density at radius 2 is 1.88 bits per heavy atom. The van der Waals surface area contributed by atoms with Crippen molar-refractivity contribution < 1.29 is 9.53 Å². The Bertz CT molecular complexity index is 216. The Kier molecular flexibility index (Phi) is 4.64. The first-order chi connectivity index (χ1) is 7.86. The van der Waals surface area contributed by atoms with E-state index in [9.17, 15) is 4.79 Å². The normalized spacial score (nSPS) is 26.8. The number of rotatable bonds is 3. The van der Waals surface area contributed by atoms with Crippen molar-refractivity contribution in [3.63, 3.8) is 0 Å². The average molecular weight is 225 g/mol. The molecule has 0 aliphatic carbocycles. The molecule has 3 heteroatoms. The van der Waals surface area contributed by atoms with Crippen LogP contribution in [0.3, 0.4) is 0 Å². The molecule has 1 amide bonds. The first-order valence-corrected chi connectivity index (χ1v) is 6.75. The Balaban J connectivity index is 1.69. The van der Waals surface area contributed by atoms with Gasteiger partial charge >= 0.3 is 0 Å². The number of likely N-dealkylation sites (tertiary alicyclic amines) is 1. The van der Waals surface area contributed by atoms with Gasteiger partial charge in [-0.25, -0.2) is 0 Å². The van der Waals surface area contributed by atoms with Gasteiger partial charge in [-0.2, -0.15) is 0 Å². The van der Waals surface area contributed by atoms with Crippen LogP contribution in [0.15, 0.2) is 0 Å². The molecule has 1 unspecified atom stereocenters. The maximum atomic E-state index is 12.0. The van der Waals surface area contributed by atoms with E-state index in [0.717, 1.165) is 32.5 Å². The molecule has 0 saturated carbocycles. The van der Waals surface area contributed by atoms with Gasteiger partial charge in [0.1, 0.15) is 0 Å². The zero-order valence-corrected chi connectivity index (χ0v) is 10.1. The minimum absolute atomic E-state index is 0.345. The van der Waals surface area contributed by atoms with Crippen molar-refractivity contribution in [2.24, 2.45) is 0 Å². The molecule has 0 aromatic heterocycles. The summed E-state index contributed by atoms with van der Waals surface area (Å²) in [6.07, 6.45) is 9.23. The molecule has 1 atom stereocenters. The van der Waals surface area contributed by atoms with Gasteiger partial charge in [-0.3, -0.25) is 4.79 Å². The van der Waals surface area contributed by atoms with Crippen molar-refractivity contribution in [2.75, 3.05) is 19.7 Å². The number of nitrogens with zero attached hydrogens (tertiary/aromatic N) is 1. The number of carbonyl (C=O) groups is 1. The van der Waals surface area contributed by atoms with E-state index in [2.05, 4.69) is 4.90 Å². The van der Waals surface area contributed by atoms with Crippen molar-refractivity contribution in [3.05, 3.63) is 0 Å². The summed E-state index contributed by atoms with van der Waals surface area (Å²) in [5.74, 6) is 0.345. The molecule has 2 saturated heterocycles. The smallest absolute Gasteiger partial charge is 0.222 e. The van der Waals surface area contributed by atoms with Gasteiger partial charge in [-0.05, 0) is 32.1 Å². The first-order valence-electron chi connectivity index (χ1n) is 6.75. The maximum Gasteiger partial charge on any atom is 0.222 e. The summed E-state index contributed by atoms with van der Waals surface area (Å²) in [4.78, 5) is 14.0. The molecule has 0 N–H and O–H groups in total. The minimum Gasteiger partial charge on any atom is -0.378 e. The second-order valence-electron chi connectivity index (χ2n) is 4.97. The second kappa shape index (κ2) is 6.24.